The molecule has 0 aliphatic rings. The van der Waals surface area contributed by atoms with E-state index in [-0.39, 0.29) is 18.2 Å². The van der Waals surface area contributed by atoms with E-state index in [0.717, 1.165) is 16.9 Å². The first-order valence-corrected chi connectivity index (χ1v) is 9.26. The van der Waals surface area contributed by atoms with E-state index in [0.29, 0.717) is 31.1 Å². The van der Waals surface area contributed by atoms with Crippen molar-refractivity contribution in [2.75, 3.05) is 20.2 Å². The molecule has 1 N–H and O–H groups in total. The molecule has 144 valence electrons. The van der Waals surface area contributed by atoms with Crippen LogP contribution in [0.5, 0.6) is 5.75 Å². The number of para-hydroxylation sites is 1. The zero-order valence-electron chi connectivity index (χ0n) is 15.7. The second kappa shape index (κ2) is 10.6. The third-order valence-electron chi connectivity index (χ3n) is 4.33. The van der Waals surface area contributed by atoms with Gasteiger partial charge >= 0.3 is 0 Å². The summed E-state index contributed by atoms with van der Waals surface area (Å²) >= 11 is 6.09. The Morgan fingerprint density at radius 1 is 1.04 bits per heavy atom. The number of halogens is 1. The lowest BCUT2D eigenvalue weighted by molar-refractivity contribution is -0.129. The largest absolute Gasteiger partial charge is 0.496 e. The lowest BCUT2D eigenvalue weighted by Gasteiger charge is -2.21. The smallest absolute Gasteiger partial charge is 0.222 e. The number of nitrogens with one attached hydrogen (secondary N) is 1. The van der Waals surface area contributed by atoms with Crippen molar-refractivity contribution in [1.82, 2.24) is 10.2 Å². The molecule has 0 bridgehead atoms. The molecule has 0 atom stereocenters. The molecule has 0 aliphatic carbocycles. The van der Waals surface area contributed by atoms with Crippen molar-refractivity contribution in [3.05, 3.63) is 64.7 Å². The monoisotopic (exact) mass is 388 g/mol. The SMILES string of the molecule is COc1ccccc1CCN(CCC(=O)NCc1ccccc1Cl)C(C)=O. The summed E-state index contributed by atoms with van der Waals surface area (Å²) in [5.74, 6) is 0.640. The quantitative estimate of drug-likeness (QED) is 0.715. The summed E-state index contributed by atoms with van der Waals surface area (Å²) < 4.78 is 5.34. The van der Waals surface area contributed by atoms with E-state index in [9.17, 15) is 9.59 Å². The van der Waals surface area contributed by atoms with E-state index in [2.05, 4.69) is 5.32 Å². The topological polar surface area (TPSA) is 58.6 Å². The normalized spacial score (nSPS) is 10.3. The van der Waals surface area contributed by atoms with E-state index >= 15 is 0 Å². The van der Waals surface area contributed by atoms with Gasteiger partial charge in [-0.3, -0.25) is 9.59 Å². The lowest BCUT2D eigenvalue weighted by Crippen LogP contribution is -2.35. The molecule has 0 heterocycles. The summed E-state index contributed by atoms with van der Waals surface area (Å²) in [5.41, 5.74) is 1.90. The van der Waals surface area contributed by atoms with Gasteiger partial charge in [0, 0.05) is 38.0 Å². The molecule has 0 radical (unpaired) electrons. The van der Waals surface area contributed by atoms with Crippen LogP contribution >= 0.6 is 11.6 Å². The first kappa shape index (κ1) is 20.8. The Morgan fingerprint density at radius 2 is 1.70 bits per heavy atom. The minimum absolute atomic E-state index is 0.0520. The number of nitrogens with zero attached hydrogens (tertiary/aromatic N) is 1. The highest BCUT2D eigenvalue weighted by atomic mass is 35.5. The van der Waals surface area contributed by atoms with Gasteiger partial charge in [0.05, 0.1) is 7.11 Å². The van der Waals surface area contributed by atoms with Crippen molar-refractivity contribution in [3.8, 4) is 5.75 Å². The maximum atomic E-state index is 12.1. The van der Waals surface area contributed by atoms with E-state index in [1.165, 1.54) is 6.92 Å². The van der Waals surface area contributed by atoms with Gasteiger partial charge in [0.15, 0.2) is 0 Å². The summed E-state index contributed by atoms with van der Waals surface area (Å²) in [6.45, 7) is 2.80. The highest BCUT2D eigenvalue weighted by Crippen LogP contribution is 2.18. The van der Waals surface area contributed by atoms with Crippen LogP contribution in [0.3, 0.4) is 0 Å². The second-order valence-electron chi connectivity index (χ2n) is 6.19. The first-order chi connectivity index (χ1) is 13.0. The number of hydrogen-bond donors (Lipinski definition) is 1. The molecule has 5 nitrogen and oxygen atoms in total. The van der Waals surface area contributed by atoms with Gasteiger partial charge in [-0.2, -0.15) is 0 Å². The van der Waals surface area contributed by atoms with Gasteiger partial charge in [0.1, 0.15) is 5.75 Å². The van der Waals surface area contributed by atoms with E-state index in [1.54, 1.807) is 18.1 Å². The molecule has 0 saturated carbocycles. The van der Waals surface area contributed by atoms with Crippen molar-refractivity contribution in [1.29, 1.82) is 0 Å². The predicted octanol–water partition coefficient (Wildman–Crippen LogP) is 3.45. The van der Waals surface area contributed by atoms with Gasteiger partial charge in [0.25, 0.3) is 0 Å². The molecule has 0 unspecified atom stereocenters. The van der Waals surface area contributed by atoms with Gasteiger partial charge in [-0.1, -0.05) is 48.0 Å². The standard InChI is InChI=1S/C21H25ClN2O3/c1-16(25)24(13-11-17-7-4-6-10-20(17)27-2)14-12-21(26)23-15-18-8-3-5-9-19(18)22/h3-10H,11-15H2,1-2H3,(H,23,26). The third kappa shape index (κ3) is 6.61. The number of carbonyl (C=O) groups is 2. The van der Waals surface area contributed by atoms with Crippen molar-refractivity contribution in [2.45, 2.75) is 26.3 Å². The van der Waals surface area contributed by atoms with Crippen LogP contribution < -0.4 is 10.1 Å². The molecule has 0 aliphatic heterocycles. The van der Waals surface area contributed by atoms with Gasteiger partial charge < -0.3 is 15.0 Å². The Hall–Kier alpha value is -2.53. The molecule has 27 heavy (non-hydrogen) atoms. The average Bonchev–Trinajstić information content (AvgIpc) is 2.67. The molecule has 2 rings (SSSR count). The van der Waals surface area contributed by atoms with Crippen LogP contribution in [-0.4, -0.2) is 36.9 Å². The molecule has 0 aromatic heterocycles. The molecule has 2 aromatic carbocycles. The second-order valence-corrected chi connectivity index (χ2v) is 6.59. The average molecular weight is 389 g/mol. The molecule has 2 aromatic rings. The predicted molar refractivity (Wildman–Crippen MR) is 107 cm³/mol. The number of hydrogen-bond acceptors (Lipinski definition) is 3. The molecule has 0 fully saturated rings. The summed E-state index contributed by atoms with van der Waals surface area (Å²) in [6, 6.07) is 15.1. The van der Waals surface area contributed by atoms with Crippen LogP contribution in [0.1, 0.15) is 24.5 Å². The fraction of sp³-hybridized carbons (Fsp3) is 0.333. The highest BCUT2D eigenvalue weighted by molar-refractivity contribution is 6.31. The molecule has 2 amide bonds. The highest BCUT2D eigenvalue weighted by Gasteiger charge is 2.13. The van der Waals surface area contributed by atoms with Crippen LogP contribution in [0.25, 0.3) is 0 Å². The Morgan fingerprint density at radius 3 is 2.37 bits per heavy atom. The first-order valence-electron chi connectivity index (χ1n) is 8.88. The summed E-state index contributed by atoms with van der Waals surface area (Å²) in [6.07, 6.45) is 0.917. The van der Waals surface area contributed by atoms with Crippen molar-refractivity contribution < 1.29 is 14.3 Å². The number of carbonyl (C=O) groups excluding carboxylic acids is 2. The molecule has 0 saturated heterocycles. The lowest BCUT2D eigenvalue weighted by atomic mass is 10.1. The van der Waals surface area contributed by atoms with Crippen LogP contribution in [0.15, 0.2) is 48.5 Å². The Labute approximate surface area is 165 Å². The number of ether oxygens (including phenoxy) is 1. The van der Waals surface area contributed by atoms with Crippen molar-refractivity contribution in [3.63, 3.8) is 0 Å². The maximum Gasteiger partial charge on any atom is 0.222 e. The van der Waals surface area contributed by atoms with Crippen LogP contribution in [-0.2, 0) is 22.6 Å². The fourth-order valence-electron chi connectivity index (χ4n) is 2.75. The Kier molecular flexibility index (Phi) is 8.14. The zero-order valence-corrected chi connectivity index (χ0v) is 16.5. The van der Waals surface area contributed by atoms with Crippen LogP contribution in [0.4, 0.5) is 0 Å². The Balaban J connectivity index is 1.82. The Bertz CT molecular complexity index is 780. The van der Waals surface area contributed by atoms with Crippen molar-refractivity contribution in [2.24, 2.45) is 0 Å². The molecule has 6 heteroatoms. The number of benzene rings is 2. The van der Waals surface area contributed by atoms with E-state index < -0.39 is 0 Å². The molecular formula is C21H25ClN2O3. The minimum Gasteiger partial charge on any atom is -0.496 e. The van der Waals surface area contributed by atoms with Gasteiger partial charge in [0.2, 0.25) is 11.8 Å². The maximum absolute atomic E-state index is 12.1. The van der Waals surface area contributed by atoms with Gasteiger partial charge in [-0.15, -0.1) is 0 Å². The number of methoxy groups -OCH3 is 1. The number of rotatable bonds is 9. The van der Waals surface area contributed by atoms with Crippen LogP contribution in [0.2, 0.25) is 5.02 Å². The summed E-state index contributed by atoms with van der Waals surface area (Å²) in [7, 11) is 1.63. The van der Waals surface area contributed by atoms with E-state index in [1.807, 2.05) is 42.5 Å². The van der Waals surface area contributed by atoms with E-state index in [4.69, 9.17) is 16.3 Å². The summed E-state index contributed by atoms with van der Waals surface area (Å²) in [4.78, 5) is 25.7. The molecule has 0 spiro atoms. The number of amides is 2. The molecular weight excluding hydrogens is 364 g/mol. The summed E-state index contributed by atoms with van der Waals surface area (Å²) in [5, 5.41) is 3.47. The zero-order chi connectivity index (χ0) is 19.6. The third-order valence-corrected chi connectivity index (χ3v) is 4.70. The van der Waals surface area contributed by atoms with Crippen molar-refractivity contribution >= 4 is 23.4 Å². The van der Waals surface area contributed by atoms with Gasteiger partial charge in [-0.05, 0) is 29.7 Å². The van der Waals surface area contributed by atoms with Gasteiger partial charge in [-0.25, -0.2) is 0 Å². The fourth-order valence-corrected chi connectivity index (χ4v) is 2.95. The minimum atomic E-state index is -0.113. The van der Waals surface area contributed by atoms with Crippen LogP contribution in [0, 0.1) is 0 Å².